The Morgan fingerprint density at radius 3 is 2.42 bits per heavy atom. The molecule has 2 N–H and O–H groups in total. The molecule has 0 spiro atoms. The Hall–Kier alpha value is -1.08. The fourth-order valence-corrected chi connectivity index (χ4v) is 1.19. The van der Waals surface area contributed by atoms with Gasteiger partial charge in [0.15, 0.2) is 0 Å². The number of allylic oxidation sites excluding steroid dienone is 1. The monoisotopic (exact) mass is 161 g/mol. The van der Waals surface area contributed by atoms with Crippen molar-refractivity contribution in [1.29, 1.82) is 0 Å². The predicted molar refractivity (Wildman–Crippen MR) is 53.7 cm³/mol. The van der Waals surface area contributed by atoms with Gasteiger partial charge in [0, 0.05) is 6.04 Å². The van der Waals surface area contributed by atoms with Crippen LogP contribution in [-0.2, 0) is 0 Å². The van der Waals surface area contributed by atoms with E-state index in [-0.39, 0.29) is 6.04 Å². The van der Waals surface area contributed by atoms with Crippen LogP contribution in [0, 0.1) is 0 Å². The molecule has 1 aromatic rings. The Morgan fingerprint density at radius 2 is 1.92 bits per heavy atom. The van der Waals surface area contributed by atoms with E-state index >= 15 is 0 Å². The summed E-state index contributed by atoms with van der Waals surface area (Å²) >= 11 is 0. The van der Waals surface area contributed by atoms with E-state index in [1.54, 1.807) is 0 Å². The molecule has 0 saturated heterocycles. The highest BCUT2D eigenvalue weighted by molar-refractivity contribution is 5.63. The Morgan fingerprint density at radius 1 is 1.33 bits per heavy atom. The number of rotatable bonds is 2. The van der Waals surface area contributed by atoms with Crippen molar-refractivity contribution in [3.63, 3.8) is 0 Å². The van der Waals surface area contributed by atoms with Crippen LogP contribution in [-0.4, -0.2) is 6.04 Å². The molecule has 1 heteroatoms. The summed E-state index contributed by atoms with van der Waals surface area (Å²) in [6, 6.07) is 10.4. The molecule has 0 bridgehead atoms. The molecular weight excluding hydrogens is 146 g/mol. The Bertz CT molecular complexity index is 260. The van der Waals surface area contributed by atoms with E-state index in [2.05, 4.69) is 25.1 Å². The largest absolute Gasteiger partial charge is 0.325 e. The lowest BCUT2D eigenvalue weighted by Gasteiger charge is -2.02. The van der Waals surface area contributed by atoms with Crippen LogP contribution in [0.5, 0.6) is 0 Å². The molecular formula is C11H15N. The minimum atomic E-state index is 0.130. The van der Waals surface area contributed by atoms with E-state index in [0.29, 0.717) is 0 Å². The van der Waals surface area contributed by atoms with Crippen LogP contribution >= 0.6 is 0 Å². The van der Waals surface area contributed by atoms with Gasteiger partial charge in [-0.05, 0) is 25.0 Å². The van der Waals surface area contributed by atoms with Crippen LogP contribution in [0.4, 0.5) is 0 Å². The third-order valence-corrected chi connectivity index (χ3v) is 1.74. The average Bonchev–Trinajstić information content (AvgIpc) is 2.05. The number of hydrogen-bond donors (Lipinski definition) is 1. The zero-order valence-corrected chi connectivity index (χ0v) is 7.62. The van der Waals surface area contributed by atoms with E-state index < -0.39 is 0 Å². The summed E-state index contributed by atoms with van der Waals surface area (Å²) < 4.78 is 0. The third-order valence-electron chi connectivity index (χ3n) is 1.74. The smallest absolute Gasteiger partial charge is 0.0200 e. The fourth-order valence-electron chi connectivity index (χ4n) is 1.19. The Labute approximate surface area is 73.9 Å². The van der Waals surface area contributed by atoms with E-state index in [1.807, 2.05) is 25.1 Å². The van der Waals surface area contributed by atoms with Crippen molar-refractivity contribution in [3.05, 3.63) is 42.0 Å². The minimum absolute atomic E-state index is 0.130. The molecule has 0 radical (unpaired) electrons. The van der Waals surface area contributed by atoms with Gasteiger partial charge in [-0.15, -0.1) is 0 Å². The lowest BCUT2D eigenvalue weighted by atomic mass is 10.1. The van der Waals surface area contributed by atoms with Crippen LogP contribution in [0.15, 0.2) is 36.4 Å². The average molecular weight is 161 g/mol. The van der Waals surface area contributed by atoms with Gasteiger partial charge in [-0.2, -0.15) is 0 Å². The van der Waals surface area contributed by atoms with Crippen LogP contribution < -0.4 is 5.73 Å². The molecule has 0 aliphatic carbocycles. The first-order chi connectivity index (χ1) is 5.70. The quantitative estimate of drug-likeness (QED) is 0.708. The van der Waals surface area contributed by atoms with Gasteiger partial charge < -0.3 is 5.73 Å². The number of hydrogen-bond acceptors (Lipinski definition) is 1. The van der Waals surface area contributed by atoms with Crippen molar-refractivity contribution in [1.82, 2.24) is 0 Å². The topological polar surface area (TPSA) is 26.0 Å². The number of nitrogens with two attached hydrogens (primary N) is 1. The van der Waals surface area contributed by atoms with Gasteiger partial charge in [0.2, 0.25) is 0 Å². The van der Waals surface area contributed by atoms with E-state index in [9.17, 15) is 0 Å². The third kappa shape index (κ3) is 2.51. The maximum absolute atomic E-state index is 5.65. The van der Waals surface area contributed by atoms with Crippen molar-refractivity contribution in [3.8, 4) is 0 Å². The van der Waals surface area contributed by atoms with Crippen LogP contribution in [0.3, 0.4) is 0 Å². The molecule has 1 rings (SSSR count). The van der Waals surface area contributed by atoms with E-state index in [0.717, 1.165) is 0 Å². The van der Waals surface area contributed by atoms with Gasteiger partial charge in [-0.3, -0.25) is 0 Å². The molecule has 0 fully saturated rings. The lowest BCUT2D eigenvalue weighted by molar-refractivity contribution is 0.927. The summed E-state index contributed by atoms with van der Waals surface area (Å²) in [5, 5.41) is 0. The maximum atomic E-state index is 5.65. The van der Waals surface area contributed by atoms with Crippen molar-refractivity contribution >= 4 is 5.57 Å². The van der Waals surface area contributed by atoms with Gasteiger partial charge in [0.05, 0.1) is 0 Å². The second-order valence-corrected chi connectivity index (χ2v) is 3.07. The predicted octanol–water partition coefficient (Wildman–Crippen LogP) is 2.44. The molecule has 64 valence electrons. The van der Waals surface area contributed by atoms with Crippen LogP contribution in [0.1, 0.15) is 19.4 Å². The molecule has 1 atom stereocenters. The zero-order valence-electron chi connectivity index (χ0n) is 7.62. The Balaban J connectivity index is 2.85. The summed E-state index contributed by atoms with van der Waals surface area (Å²) in [7, 11) is 0. The fraction of sp³-hybridized carbons (Fsp3) is 0.273. The van der Waals surface area contributed by atoms with Crippen molar-refractivity contribution < 1.29 is 0 Å². The maximum Gasteiger partial charge on any atom is 0.0200 e. The molecule has 1 nitrogen and oxygen atoms in total. The molecule has 0 amide bonds. The van der Waals surface area contributed by atoms with Gasteiger partial charge in [0.1, 0.15) is 0 Å². The molecule has 0 aliphatic heterocycles. The molecule has 0 aromatic heterocycles. The highest BCUT2D eigenvalue weighted by Gasteiger charge is 1.94. The van der Waals surface area contributed by atoms with Gasteiger partial charge >= 0.3 is 0 Å². The van der Waals surface area contributed by atoms with Crippen LogP contribution in [0.25, 0.3) is 5.57 Å². The second-order valence-electron chi connectivity index (χ2n) is 3.07. The Kier molecular flexibility index (Phi) is 3.06. The SMILES string of the molecule is CC(=CC(C)N)c1ccccc1. The summed E-state index contributed by atoms with van der Waals surface area (Å²) in [6.07, 6.45) is 2.06. The molecule has 0 saturated carbocycles. The van der Waals surface area contributed by atoms with Gasteiger partial charge in [-0.1, -0.05) is 36.4 Å². The first-order valence-electron chi connectivity index (χ1n) is 4.19. The molecule has 1 aromatic carbocycles. The van der Waals surface area contributed by atoms with Crippen molar-refractivity contribution in [2.45, 2.75) is 19.9 Å². The molecule has 0 heterocycles. The van der Waals surface area contributed by atoms with E-state index in [1.165, 1.54) is 11.1 Å². The minimum Gasteiger partial charge on any atom is -0.325 e. The number of benzene rings is 1. The van der Waals surface area contributed by atoms with Crippen LogP contribution in [0.2, 0.25) is 0 Å². The summed E-state index contributed by atoms with van der Waals surface area (Å²) in [6.45, 7) is 4.06. The first-order valence-corrected chi connectivity index (χ1v) is 4.19. The zero-order chi connectivity index (χ0) is 8.97. The highest BCUT2D eigenvalue weighted by atomic mass is 14.6. The molecule has 1 unspecified atom stereocenters. The van der Waals surface area contributed by atoms with Gasteiger partial charge in [-0.25, -0.2) is 0 Å². The van der Waals surface area contributed by atoms with E-state index in [4.69, 9.17) is 5.73 Å². The first kappa shape index (κ1) is 9.01. The van der Waals surface area contributed by atoms with Crippen molar-refractivity contribution in [2.75, 3.05) is 0 Å². The highest BCUT2D eigenvalue weighted by Crippen LogP contribution is 2.12. The molecule has 12 heavy (non-hydrogen) atoms. The summed E-state index contributed by atoms with van der Waals surface area (Å²) in [5.74, 6) is 0. The second kappa shape index (κ2) is 4.07. The lowest BCUT2D eigenvalue weighted by Crippen LogP contribution is -2.10. The van der Waals surface area contributed by atoms with Crippen molar-refractivity contribution in [2.24, 2.45) is 5.73 Å². The standard InChI is InChI=1S/C11H15N/c1-9(8-10(2)12)11-6-4-3-5-7-11/h3-8,10H,12H2,1-2H3. The summed E-state index contributed by atoms with van der Waals surface area (Å²) in [4.78, 5) is 0. The normalized spacial score (nSPS) is 14.4. The molecule has 0 aliphatic rings. The van der Waals surface area contributed by atoms with Gasteiger partial charge in [0.25, 0.3) is 0 Å². The summed E-state index contributed by atoms with van der Waals surface area (Å²) in [5.41, 5.74) is 8.14.